The zero-order valence-corrected chi connectivity index (χ0v) is 9.92. The molecule has 1 heterocycles. The van der Waals surface area contributed by atoms with Crippen LogP contribution >= 0.6 is 11.3 Å². The molecule has 0 fully saturated rings. The minimum Gasteiger partial charge on any atom is -0.300 e. The van der Waals surface area contributed by atoms with Gasteiger partial charge in [0.05, 0.1) is 6.42 Å². The van der Waals surface area contributed by atoms with Gasteiger partial charge in [0.25, 0.3) is 0 Å². The van der Waals surface area contributed by atoms with E-state index in [2.05, 4.69) is 15.5 Å². The zero-order valence-electron chi connectivity index (χ0n) is 9.11. The van der Waals surface area contributed by atoms with Crippen molar-refractivity contribution in [2.75, 3.05) is 5.32 Å². The highest BCUT2D eigenvalue weighted by Gasteiger charge is 2.07. The Morgan fingerprint density at radius 2 is 2.29 bits per heavy atom. The van der Waals surface area contributed by atoms with Crippen molar-refractivity contribution in [1.82, 2.24) is 10.2 Å². The van der Waals surface area contributed by atoms with E-state index in [0.717, 1.165) is 5.01 Å². The van der Waals surface area contributed by atoms with E-state index >= 15 is 0 Å². The van der Waals surface area contributed by atoms with E-state index in [4.69, 9.17) is 0 Å². The number of hydrogen-bond acceptors (Lipinski definition) is 4. The molecule has 1 aromatic heterocycles. The number of nitrogens with one attached hydrogen (secondary N) is 1. The van der Waals surface area contributed by atoms with Gasteiger partial charge in [0.1, 0.15) is 10.8 Å². The van der Waals surface area contributed by atoms with Crippen molar-refractivity contribution in [1.29, 1.82) is 0 Å². The monoisotopic (exact) mass is 251 g/mol. The maximum absolute atomic E-state index is 12.9. The summed E-state index contributed by atoms with van der Waals surface area (Å²) >= 11 is 1.30. The van der Waals surface area contributed by atoms with Gasteiger partial charge in [-0.15, -0.1) is 10.2 Å². The Kier molecular flexibility index (Phi) is 3.43. The van der Waals surface area contributed by atoms with E-state index in [1.54, 1.807) is 19.1 Å². The Hall–Kier alpha value is -1.82. The van der Waals surface area contributed by atoms with Crippen LogP contribution < -0.4 is 5.32 Å². The topological polar surface area (TPSA) is 54.9 Å². The molecule has 6 heteroatoms. The molecule has 0 aliphatic rings. The third kappa shape index (κ3) is 3.32. The van der Waals surface area contributed by atoms with Crippen LogP contribution in [0.25, 0.3) is 0 Å². The lowest BCUT2D eigenvalue weighted by Gasteiger charge is -2.01. The fourth-order valence-corrected chi connectivity index (χ4v) is 1.95. The lowest BCUT2D eigenvalue weighted by Crippen LogP contribution is -2.14. The number of benzene rings is 1. The van der Waals surface area contributed by atoms with Gasteiger partial charge in [-0.25, -0.2) is 4.39 Å². The van der Waals surface area contributed by atoms with E-state index < -0.39 is 0 Å². The molecule has 1 N–H and O–H groups in total. The normalized spacial score (nSPS) is 10.2. The first-order valence-corrected chi connectivity index (χ1v) is 5.79. The average Bonchev–Trinajstić information content (AvgIpc) is 2.63. The van der Waals surface area contributed by atoms with Gasteiger partial charge in [0.15, 0.2) is 0 Å². The van der Waals surface area contributed by atoms with Crippen molar-refractivity contribution in [2.45, 2.75) is 13.3 Å². The molecule has 0 unspecified atom stereocenters. The van der Waals surface area contributed by atoms with Gasteiger partial charge in [-0.05, 0) is 24.6 Å². The Morgan fingerprint density at radius 3 is 2.94 bits per heavy atom. The van der Waals surface area contributed by atoms with Crippen molar-refractivity contribution in [3.05, 3.63) is 40.7 Å². The minimum absolute atomic E-state index is 0.121. The number of carbonyl (C=O) groups is 1. The molecule has 1 aromatic carbocycles. The quantitative estimate of drug-likeness (QED) is 0.909. The fraction of sp³-hybridized carbons (Fsp3) is 0.182. The Bertz CT molecular complexity index is 541. The Morgan fingerprint density at radius 1 is 1.47 bits per heavy atom. The molecule has 1 amide bonds. The standard InChI is InChI=1S/C11H10FN3OS/c1-7-14-15-11(17-7)13-10(16)6-8-3-2-4-9(12)5-8/h2-5H,6H2,1H3,(H,13,15,16). The summed E-state index contributed by atoms with van der Waals surface area (Å²) in [6, 6.07) is 5.96. The second-order valence-electron chi connectivity index (χ2n) is 3.48. The third-order valence-electron chi connectivity index (χ3n) is 2.03. The highest BCUT2D eigenvalue weighted by molar-refractivity contribution is 7.15. The molecule has 0 aliphatic carbocycles. The summed E-state index contributed by atoms with van der Waals surface area (Å²) in [6.07, 6.45) is 0.121. The number of anilines is 1. The molecule has 0 aliphatic heterocycles. The molecule has 0 radical (unpaired) electrons. The van der Waals surface area contributed by atoms with Crippen LogP contribution in [0.15, 0.2) is 24.3 Å². The molecule has 0 bridgehead atoms. The molecule has 2 aromatic rings. The molecule has 17 heavy (non-hydrogen) atoms. The fourth-order valence-electron chi connectivity index (χ4n) is 1.34. The number of halogens is 1. The summed E-state index contributed by atoms with van der Waals surface area (Å²) in [7, 11) is 0. The van der Waals surface area contributed by atoms with Crippen LogP contribution in [0.1, 0.15) is 10.6 Å². The molecular formula is C11H10FN3OS. The van der Waals surface area contributed by atoms with Crippen molar-refractivity contribution in [2.24, 2.45) is 0 Å². The van der Waals surface area contributed by atoms with Crippen molar-refractivity contribution in [3.63, 3.8) is 0 Å². The van der Waals surface area contributed by atoms with Crippen LogP contribution in [-0.4, -0.2) is 16.1 Å². The van der Waals surface area contributed by atoms with Crippen LogP contribution in [0, 0.1) is 12.7 Å². The maximum atomic E-state index is 12.9. The van der Waals surface area contributed by atoms with Crippen LogP contribution in [0.5, 0.6) is 0 Å². The SMILES string of the molecule is Cc1nnc(NC(=O)Cc2cccc(F)c2)s1. The predicted octanol–water partition coefficient (Wildman–Crippen LogP) is 2.17. The Labute approximate surface area is 102 Å². The summed E-state index contributed by atoms with van der Waals surface area (Å²) in [4.78, 5) is 11.6. The lowest BCUT2D eigenvalue weighted by atomic mass is 10.1. The molecule has 2 rings (SSSR count). The largest absolute Gasteiger partial charge is 0.300 e. The molecule has 4 nitrogen and oxygen atoms in total. The first-order chi connectivity index (χ1) is 8.13. The van der Waals surface area contributed by atoms with E-state index in [1.807, 2.05) is 0 Å². The summed E-state index contributed by atoms with van der Waals surface area (Å²) < 4.78 is 12.9. The van der Waals surface area contributed by atoms with E-state index in [9.17, 15) is 9.18 Å². The van der Waals surface area contributed by atoms with Gasteiger partial charge < -0.3 is 5.32 Å². The molecule has 0 atom stereocenters. The van der Waals surface area contributed by atoms with Crippen LogP contribution in [0.2, 0.25) is 0 Å². The highest BCUT2D eigenvalue weighted by atomic mass is 32.1. The molecule has 0 saturated carbocycles. The number of rotatable bonds is 3. The first-order valence-electron chi connectivity index (χ1n) is 4.98. The number of nitrogens with zero attached hydrogens (tertiary/aromatic N) is 2. The van der Waals surface area contributed by atoms with E-state index in [-0.39, 0.29) is 18.1 Å². The summed E-state index contributed by atoms with van der Waals surface area (Å²) in [5.41, 5.74) is 0.628. The van der Waals surface area contributed by atoms with Gasteiger partial charge >= 0.3 is 0 Å². The second-order valence-corrected chi connectivity index (χ2v) is 4.66. The van der Waals surface area contributed by atoms with Gasteiger partial charge in [0, 0.05) is 0 Å². The van der Waals surface area contributed by atoms with Crippen LogP contribution in [-0.2, 0) is 11.2 Å². The van der Waals surface area contributed by atoms with Gasteiger partial charge in [-0.3, -0.25) is 4.79 Å². The Balaban J connectivity index is 1.98. The first kappa shape index (κ1) is 11.7. The third-order valence-corrected chi connectivity index (χ3v) is 2.78. The van der Waals surface area contributed by atoms with Crippen molar-refractivity contribution in [3.8, 4) is 0 Å². The van der Waals surface area contributed by atoms with E-state index in [1.165, 1.54) is 23.5 Å². The highest BCUT2D eigenvalue weighted by Crippen LogP contribution is 2.14. The summed E-state index contributed by atoms with van der Waals surface area (Å²) in [5, 5.41) is 11.4. The number of carbonyl (C=O) groups excluding carboxylic acids is 1. The van der Waals surface area contributed by atoms with E-state index in [0.29, 0.717) is 10.7 Å². The summed E-state index contributed by atoms with van der Waals surface area (Å²) in [5.74, 6) is -0.575. The van der Waals surface area contributed by atoms with Crippen molar-refractivity contribution >= 4 is 22.4 Å². The van der Waals surface area contributed by atoms with Crippen LogP contribution in [0.3, 0.4) is 0 Å². The molecule has 0 spiro atoms. The smallest absolute Gasteiger partial charge is 0.230 e. The number of hydrogen-bond donors (Lipinski definition) is 1. The number of aromatic nitrogens is 2. The average molecular weight is 251 g/mol. The van der Waals surface area contributed by atoms with Gasteiger partial charge in [0.2, 0.25) is 11.0 Å². The maximum Gasteiger partial charge on any atom is 0.230 e. The molecular weight excluding hydrogens is 241 g/mol. The zero-order chi connectivity index (χ0) is 12.3. The number of aryl methyl sites for hydroxylation is 1. The lowest BCUT2D eigenvalue weighted by molar-refractivity contribution is -0.115. The predicted molar refractivity (Wildman–Crippen MR) is 63.4 cm³/mol. The second kappa shape index (κ2) is 5.01. The van der Waals surface area contributed by atoms with Crippen LogP contribution in [0.4, 0.5) is 9.52 Å². The van der Waals surface area contributed by atoms with Gasteiger partial charge in [-0.1, -0.05) is 23.5 Å². The number of amides is 1. The molecule has 0 saturated heterocycles. The van der Waals surface area contributed by atoms with Crippen molar-refractivity contribution < 1.29 is 9.18 Å². The summed E-state index contributed by atoms with van der Waals surface area (Å²) in [6.45, 7) is 1.81. The van der Waals surface area contributed by atoms with Gasteiger partial charge in [-0.2, -0.15) is 0 Å². The minimum atomic E-state index is -0.345. The molecule has 88 valence electrons.